The van der Waals surface area contributed by atoms with Crippen molar-refractivity contribution >= 4 is 40.9 Å². The summed E-state index contributed by atoms with van der Waals surface area (Å²) in [6.07, 6.45) is 3.12. The molecule has 0 aliphatic rings. The lowest BCUT2D eigenvalue weighted by molar-refractivity contribution is -0.118. The number of hydrogen-bond donors (Lipinski definition) is 1. The second-order valence-electron chi connectivity index (χ2n) is 5.15. The van der Waals surface area contributed by atoms with E-state index < -0.39 is 0 Å². The van der Waals surface area contributed by atoms with Crippen molar-refractivity contribution in [3.05, 3.63) is 70.7 Å². The SMILES string of the molecule is O=C(CSc1cc(Cl)ccc1Cl)NCc1ccc(-n2cncn2)cc1. The molecule has 0 atom stereocenters. The summed E-state index contributed by atoms with van der Waals surface area (Å²) in [6, 6.07) is 12.9. The van der Waals surface area contributed by atoms with E-state index in [1.54, 1.807) is 29.2 Å². The highest BCUT2D eigenvalue weighted by Crippen LogP contribution is 2.29. The Morgan fingerprint density at radius 1 is 1.16 bits per heavy atom. The van der Waals surface area contributed by atoms with Gasteiger partial charge >= 0.3 is 0 Å². The summed E-state index contributed by atoms with van der Waals surface area (Å²) in [5, 5.41) is 8.14. The fourth-order valence-corrected chi connectivity index (χ4v) is 3.41. The molecule has 0 saturated carbocycles. The number of benzene rings is 2. The van der Waals surface area contributed by atoms with Crippen LogP contribution in [0, 0.1) is 0 Å². The molecule has 3 rings (SSSR count). The van der Waals surface area contributed by atoms with Gasteiger partial charge in [0.15, 0.2) is 0 Å². The van der Waals surface area contributed by atoms with Gasteiger partial charge in [-0.2, -0.15) is 5.10 Å². The van der Waals surface area contributed by atoms with Gasteiger partial charge in [-0.25, -0.2) is 9.67 Å². The third-order valence-electron chi connectivity index (χ3n) is 3.36. The number of amides is 1. The third-order valence-corrected chi connectivity index (χ3v) is 5.09. The van der Waals surface area contributed by atoms with Gasteiger partial charge in [0, 0.05) is 16.5 Å². The predicted octanol–water partition coefficient (Wildman–Crippen LogP) is 3.98. The van der Waals surface area contributed by atoms with Crippen LogP contribution in [0.1, 0.15) is 5.56 Å². The third kappa shape index (κ3) is 4.98. The van der Waals surface area contributed by atoms with Crippen molar-refractivity contribution in [2.75, 3.05) is 5.75 Å². The molecule has 3 aromatic rings. The van der Waals surface area contributed by atoms with Gasteiger partial charge in [-0.1, -0.05) is 35.3 Å². The van der Waals surface area contributed by atoms with Crippen molar-refractivity contribution < 1.29 is 4.79 Å². The summed E-state index contributed by atoms with van der Waals surface area (Å²) in [5.74, 6) is 0.207. The number of halogens is 2. The van der Waals surface area contributed by atoms with Crippen molar-refractivity contribution in [1.82, 2.24) is 20.1 Å². The summed E-state index contributed by atoms with van der Waals surface area (Å²) in [7, 11) is 0. The lowest BCUT2D eigenvalue weighted by Gasteiger charge is -2.07. The van der Waals surface area contributed by atoms with Crippen molar-refractivity contribution in [3.63, 3.8) is 0 Å². The van der Waals surface area contributed by atoms with E-state index in [0.717, 1.165) is 16.1 Å². The molecule has 0 fully saturated rings. The summed E-state index contributed by atoms with van der Waals surface area (Å²) in [6.45, 7) is 0.459. The first-order valence-corrected chi connectivity index (χ1v) is 9.14. The van der Waals surface area contributed by atoms with E-state index in [0.29, 0.717) is 16.6 Å². The zero-order chi connectivity index (χ0) is 17.6. The number of nitrogens with one attached hydrogen (secondary N) is 1. The van der Waals surface area contributed by atoms with E-state index in [1.807, 2.05) is 24.3 Å². The maximum atomic E-state index is 12.0. The van der Waals surface area contributed by atoms with E-state index in [9.17, 15) is 4.79 Å². The van der Waals surface area contributed by atoms with Gasteiger partial charge in [0.25, 0.3) is 0 Å². The smallest absolute Gasteiger partial charge is 0.230 e. The van der Waals surface area contributed by atoms with Crippen LogP contribution in [0.25, 0.3) is 5.69 Å². The zero-order valence-electron chi connectivity index (χ0n) is 13.0. The molecule has 2 aromatic carbocycles. The van der Waals surface area contributed by atoms with Crippen LogP contribution in [-0.2, 0) is 11.3 Å². The summed E-state index contributed by atoms with van der Waals surface area (Å²) in [4.78, 5) is 16.7. The minimum absolute atomic E-state index is 0.0682. The van der Waals surface area contributed by atoms with Gasteiger partial charge < -0.3 is 5.32 Å². The van der Waals surface area contributed by atoms with Crippen molar-refractivity contribution in [2.45, 2.75) is 11.4 Å². The van der Waals surface area contributed by atoms with E-state index in [1.165, 1.54) is 18.1 Å². The first-order valence-electron chi connectivity index (χ1n) is 7.40. The van der Waals surface area contributed by atoms with Gasteiger partial charge in [-0.05, 0) is 35.9 Å². The van der Waals surface area contributed by atoms with Gasteiger partial charge in [-0.15, -0.1) is 11.8 Å². The van der Waals surface area contributed by atoms with Gasteiger partial charge in [0.05, 0.1) is 16.5 Å². The summed E-state index contributed by atoms with van der Waals surface area (Å²) >= 11 is 13.4. The number of aromatic nitrogens is 3. The Balaban J connectivity index is 1.49. The summed E-state index contributed by atoms with van der Waals surface area (Å²) in [5.41, 5.74) is 1.92. The molecule has 128 valence electrons. The van der Waals surface area contributed by atoms with E-state index in [-0.39, 0.29) is 11.7 Å². The second kappa shape index (κ2) is 8.38. The summed E-state index contributed by atoms with van der Waals surface area (Å²) < 4.78 is 1.67. The first kappa shape index (κ1) is 17.8. The molecule has 1 aromatic heterocycles. The average Bonchev–Trinajstić information content (AvgIpc) is 3.16. The predicted molar refractivity (Wildman–Crippen MR) is 100 cm³/mol. The Morgan fingerprint density at radius 2 is 1.96 bits per heavy atom. The lowest BCUT2D eigenvalue weighted by Crippen LogP contribution is -2.24. The largest absolute Gasteiger partial charge is 0.351 e. The zero-order valence-corrected chi connectivity index (χ0v) is 15.4. The normalized spacial score (nSPS) is 10.6. The number of rotatable bonds is 6. The van der Waals surface area contributed by atoms with Crippen LogP contribution < -0.4 is 5.32 Å². The molecular formula is C17H14Cl2N4OS. The number of carbonyl (C=O) groups is 1. The molecule has 0 radical (unpaired) electrons. The molecular weight excluding hydrogens is 379 g/mol. The molecule has 0 unspecified atom stereocenters. The molecule has 0 aliphatic carbocycles. The van der Waals surface area contributed by atoms with Crippen LogP contribution in [0.3, 0.4) is 0 Å². The molecule has 1 N–H and O–H groups in total. The maximum Gasteiger partial charge on any atom is 0.230 e. The highest BCUT2D eigenvalue weighted by Gasteiger charge is 2.07. The molecule has 1 amide bonds. The van der Waals surface area contributed by atoms with E-state index in [4.69, 9.17) is 23.2 Å². The number of hydrogen-bond acceptors (Lipinski definition) is 4. The Kier molecular flexibility index (Phi) is 5.96. The van der Waals surface area contributed by atoms with Gasteiger partial charge in [0.2, 0.25) is 5.91 Å². The molecule has 8 heteroatoms. The Bertz CT molecular complexity index is 854. The number of thioether (sulfide) groups is 1. The quantitative estimate of drug-likeness (QED) is 0.644. The van der Waals surface area contributed by atoms with Gasteiger partial charge in [0.1, 0.15) is 12.7 Å². The maximum absolute atomic E-state index is 12.0. The molecule has 0 saturated heterocycles. The lowest BCUT2D eigenvalue weighted by atomic mass is 10.2. The standard InChI is InChI=1S/C17H14Cl2N4OS/c18-13-3-6-15(19)16(7-13)25-9-17(24)21-8-12-1-4-14(5-2-12)23-11-20-10-22-23/h1-7,10-11H,8-9H2,(H,21,24). The Hall–Kier alpha value is -2.02. The van der Waals surface area contributed by atoms with Crippen LogP contribution in [0.2, 0.25) is 10.0 Å². The van der Waals surface area contributed by atoms with Crippen LogP contribution in [0.5, 0.6) is 0 Å². The van der Waals surface area contributed by atoms with Crippen molar-refractivity contribution in [2.24, 2.45) is 0 Å². The highest BCUT2D eigenvalue weighted by molar-refractivity contribution is 8.00. The Morgan fingerprint density at radius 3 is 2.68 bits per heavy atom. The monoisotopic (exact) mass is 392 g/mol. The number of nitrogens with zero attached hydrogens (tertiary/aromatic N) is 3. The van der Waals surface area contributed by atoms with Crippen molar-refractivity contribution in [3.8, 4) is 5.69 Å². The van der Waals surface area contributed by atoms with Crippen LogP contribution >= 0.6 is 35.0 Å². The molecule has 0 bridgehead atoms. The molecule has 1 heterocycles. The molecule has 5 nitrogen and oxygen atoms in total. The highest BCUT2D eigenvalue weighted by atomic mass is 35.5. The van der Waals surface area contributed by atoms with Crippen LogP contribution in [0.4, 0.5) is 0 Å². The topological polar surface area (TPSA) is 59.8 Å². The van der Waals surface area contributed by atoms with Crippen LogP contribution in [0.15, 0.2) is 60.0 Å². The fraction of sp³-hybridized carbons (Fsp3) is 0.118. The Labute approximate surface area is 159 Å². The average molecular weight is 393 g/mol. The van der Waals surface area contributed by atoms with Gasteiger partial charge in [-0.3, -0.25) is 4.79 Å². The van der Waals surface area contributed by atoms with E-state index in [2.05, 4.69) is 15.4 Å². The van der Waals surface area contributed by atoms with Crippen molar-refractivity contribution in [1.29, 1.82) is 0 Å². The minimum Gasteiger partial charge on any atom is -0.351 e. The fourth-order valence-electron chi connectivity index (χ4n) is 2.09. The molecule has 0 aliphatic heterocycles. The molecule has 0 spiro atoms. The van der Waals surface area contributed by atoms with E-state index >= 15 is 0 Å². The van der Waals surface area contributed by atoms with Crippen LogP contribution in [-0.4, -0.2) is 26.4 Å². The molecule has 25 heavy (non-hydrogen) atoms. The first-order chi connectivity index (χ1) is 12.1. The number of carbonyl (C=O) groups excluding carboxylic acids is 1. The minimum atomic E-state index is -0.0682. The second-order valence-corrected chi connectivity index (χ2v) is 7.01.